The summed E-state index contributed by atoms with van der Waals surface area (Å²) in [6, 6.07) is 9.75. The van der Waals surface area contributed by atoms with Crippen molar-refractivity contribution < 1.29 is 0 Å². The summed E-state index contributed by atoms with van der Waals surface area (Å²) in [5.41, 5.74) is 8.64. The molecule has 0 radical (unpaired) electrons. The zero-order chi connectivity index (χ0) is 9.97. The van der Waals surface area contributed by atoms with Crippen LogP contribution in [0.2, 0.25) is 0 Å². The van der Waals surface area contributed by atoms with E-state index in [0.717, 1.165) is 21.3 Å². The molecule has 0 aliphatic rings. The van der Waals surface area contributed by atoms with Crippen LogP contribution < -0.4 is 5.73 Å². The second-order valence-corrected chi connectivity index (χ2v) is 3.93. The molecule has 2 aromatic rings. The summed E-state index contributed by atoms with van der Waals surface area (Å²) in [5.74, 6) is 0. The number of halogens is 1. The fourth-order valence-electron chi connectivity index (χ4n) is 1.31. The molecule has 0 saturated heterocycles. The van der Waals surface area contributed by atoms with E-state index in [2.05, 4.69) is 20.9 Å². The lowest BCUT2D eigenvalue weighted by molar-refractivity contribution is 1.33. The minimum atomic E-state index is 0.748. The Morgan fingerprint density at radius 2 is 2.00 bits per heavy atom. The number of nitrogens with zero attached hydrogens (tertiary/aromatic N) is 1. The van der Waals surface area contributed by atoms with Crippen LogP contribution >= 0.6 is 15.9 Å². The van der Waals surface area contributed by atoms with E-state index >= 15 is 0 Å². The van der Waals surface area contributed by atoms with Crippen molar-refractivity contribution in [2.45, 2.75) is 0 Å². The summed E-state index contributed by atoms with van der Waals surface area (Å²) in [6.45, 7) is 0. The lowest BCUT2D eigenvalue weighted by Crippen LogP contribution is -1.86. The third-order valence-electron chi connectivity index (χ3n) is 1.91. The molecule has 0 aliphatic carbocycles. The number of aromatic nitrogens is 1. The van der Waals surface area contributed by atoms with Crippen molar-refractivity contribution in [3.05, 3.63) is 47.2 Å². The number of benzene rings is 1. The molecule has 0 aliphatic heterocycles. The Balaban J connectivity index is 2.52. The minimum absolute atomic E-state index is 0.748. The number of anilines is 1. The van der Waals surface area contributed by atoms with Gasteiger partial charge in [-0.15, -0.1) is 0 Å². The number of nitrogens with two attached hydrogens (primary N) is 1. The summed E-state index contributed by atoms with van der Waals surface area (Å²) < 4.78 is 0.983. The average molecular weight is 249 g/mol. The molecule has 1 aromatic heterocycles. The molecule has 70 valence electrons. The van der Waals surface area contributed by atoms with E-state index in [-0.39, 0.29) is 0 Å². The molecule has 0 bridgehead atoms. The van der Waals surface area contributed by atoms with E-state index in [1.807, 2.05) is 36.5 Å². The molecule has 14 heavy (non-hydrogen) atoms. The van der Waals surface area contributed by atoms with E-state index in [0.29, 0.717) is 0 Å². The summed E-state index contributed by atoms with van der Waals surface area (Å²) in [7, 11) is 0. The van der Waals surface area contributed by atoms with Gasteiger partial charge in [0.15, 0.2) is 0 Å². The topological polar surface area (TPSA) is 38.9 Å². The second kappa shape index (κ2) is 3.80. The molecule has 0 unspecified atom stereocenters. The lowest BCUT2D eigenvalue weighted by atomic mass is 10.1. The maximum atomic E-state index is 5.75. The van der Waals surface area contributed by atoms with Gasteiger partial charge in [0, 0.05) is 28.1 Å². The smallest absolute Gasteiger partial charge is 0.0346 e. The highest BCUT2D eigenvalue weighted by atomic mass is 79.9. The van der Waals surface area contributed by atoms with Crippen molar-refractivity contribution in [3.8, 4) is 11.1 Å². The zero-order valence-electron chi connectivity index (χ0n) is 7.44. The van der Waals surface area contributed by atoms with E-state index in [1.54, 1.807) is 6.20 Å². The number of hydrogen-bond acceptors (Lipinski definition) is 2. The molecular weight excluding hydrogens is 240 g/mol. The molecule has 0 fully saturated rings. The molecule has 2 N–H and O–H groups in total. The third-order valence-corrected chi connectivity index (χ3v) is 2.37. The van der Waals surface area contributed by atoms with Gasteiger partial charge in [-0.1, -0.05) is 22.0 Å². The van der Waals surface area contributed by atoms with Gasteiger partial charge in [0.25, 0.3) is 0 Å². The Morgan fingerprint density at radius 1 is 1.14 bits per heavy atom. The van der Waals surface area contributed by atoms with Crippen LogP contribution in [0.3, 0.4) is 0 Å². The number of nitrogen functional groups attached to an aromatic ring is 1. The maximum Gasteiger partial charge on any atom is 0.0346 e. The quantitative estimate of drug-likeness (QED) is 0.788. The molecule has 1 heterocycles. The first kappa shape index (κ1) is 9.21. The fourth-order valence-corrected chi connectivity index (χ4v) is 1.82. The largest absolute Gasteiger partial charge is 0.399 e. The van der Waals surface area contributed by atoms with Crippen molar-refractivity contribution in [2.75, 3.05) is 5.73 Å². The first-order valence-corrected chi connectivity index (χ1v) is 5.01. The molecule has 0 spiro atoms. The minimum Gasteiger partial charge on any atom is -0.399 e. The Morgan fingerprint density at radius 3 is 2.64 bits per heavy atom. The molecule has 0 saturated carbocycles. The summed E-state index contributed by atoms with van der Waals surface area (Å²) in [4.78, 5) is 4.06. The van der Waals surface area contributed by atoms with Gasteiger partial charge in [-0.25, -0.2) is 0 Å². The van der Waals surface area contributed by atoms with Gasteiger partial charge in [0.05, 0.1) is 0 Å². The highest BCUT2D eigenvalue weighted by Gasteiger charge is 1.99. The van der Waals surface area contributed by atoms with Gasteiger partial charge in [0.2, 0.25) is 0 Å². The zero-order valence-corrected chi connectivity index (χ0v) is 9.03. The number of pyridine rings is 1. The standard InChI is InChI=1S/C11H9BrN2/c12-10-4-9(5-11(13)6-10)8-2-1-3-14-7-8/h1-7H,13H2. The van der Waals surface area contributed by atoms with Crippen LogP contribution in [0.1, 0.15) is 0 Å². The van der Waals surface area contributed by atoms with Gasteiger partial charge in [-0.3, -0.25) is 4.98 Å². The highest BCUT2D eigenvalue weighted by Crippen LogP contribution is 2.25. The lowest BCUT2D eigenvalue weighted by Gasteiger charge is -2.03. The van der Waals surface area contributed by atoms with Crippen LogP contribution in [0.15, 0.2) is 47.2 Å². The molecule has 2 rings (SSSR count). The second-order valence-electron chi connectivity index (χ2n) is 3.01. The summed E-state index contributed by atoms with van der Waals surface area (Å²) in [6.07, 6.45) is 3.58. The van der Waals surface area contributed by atoms with Gasteiger partial charge in [-0.05, 0) is 29.8 Å². The van der Waals surface area contributed by atoms with Crippen LogP contribution in [-0.2, 0) is 0 Å². The Labute approximate surface area is 90.9 Å². The van der Waals surface area contributed by atoms with Crippen molar-refractivity contribution in [2.24, 2.45) is 0 Å². The molecular formula is C11H9BrN2. The Kier molecular flexibility index (Phi) is 2.50. The highest BCUT2D eigenvalue weighted by molar-refractivity contribution is 9.10. The normalized spacial score (nSPS) is 10.1. The van der Waals surface area contributed by atoms with E-state index in [9.17, 15) is 0 Å². The van der Waals surface area contributed by atoms with Crippen molar-refractivity contribution in [1.82, 2.24) is 4.98 Å². The van der Waals surface area contributed by atoms with Gasteiger partial charge < -0.3 is 5.73 Å². The average Bonchev–Trinajstić information content (AvgIpc) is 2.18. The first-order chi connectivity index (χ1) is 6.75. The number of hydrogen-bond donors (Lipinski definition) is 1. The van der Waals surface area contributed by atoms with Gasteiger partial charge in [0.1, 0.15) is 0 Å². The van der Waals surface area contributed by atoms with Crippen LogP contribution in [0, 0.1) is 0 Å². The van der Waals surface area contributed by atoms with E-state index in [4.69, 9.17) is 5.73 Å². The molecule has 3 heteroatoms. The van der Waals surface area contributed by atoms with E-state index in [1.165, 1.54) is 0 Å². The van der Waals surface area contributed by atoms with E-state index < -0.39 is 0 Å². The molecule has 1 aromatic carbocycles. The summed E-state index contributed by atoms with van der Waals surface area (Å²) >= 11 is 3.41. The van der Waals surface area contributed by atoms with Gasteiger partial charge >= 0.3 is 0 Å². The predicted molar refractivity (Wildman–Crippen MR) is 61.8 cm³/mol. The van der Waals surface area contributed by atoms with Crippen molar-refractivity contribution in [1.29, 1.82) is 0 Å². The maximum absolute atomic E-state index is 5.75. The van der Waals surface area contributed by atoms with Crippen LogP contribution in [0.4, 0.5) is 5.69 Å². The predicted octanol–water partition coefficient (Wildman–Crippen LogP) is 3.09. The molecule has 0 atom stereocenters. The Hall–Kier alpha value is -1.35. The summed E-state index contributed by atoms with van der Waals surface area (Å²) in [5, 5.41) is 0. The van der Waals surface area contributed by atoms with Crippen LogP contribution in [0.5, 0.6) is 0 Å². The van der Waals surface area contributed by atoms with Crippen LogP contribution in [0.25, 0.3) is 11.1 Å². The number of rotatable bonds is 1. The van der Waals surface area contributed by atoms with Crippen molar-refractivity contribution in [3.63, 3.8) is 0 Å². The molecule has 2 nitrogen and oxygen atoms in total. The van der Waals surface area contributed by atoms with Gasteiger partial charge in [-0.2, -0.15) is 0 Å². The monoisotopic (exact) mass is 248 g/mol. The van der Waals surface area contributed by atoms with Crippen molar-refractivity contribution >= 4 is 21.6 Å². The SMILES string of the molecule is Nc1cc(Br)cc(-c2cccnc2)c1. The third kappa shape index (κ3) is 1.93. The first-order valence-electron chi connectivity index (χ1n) is 4.22. The van der Waals surface area contributed by atoms with Crippen LogP contribution in [-0.4, -0.2) is 4.98 Å². The fraction of sp³-hybridized carbons (Fsp3) is 0. The Bertz CT molecular complexity index is 420. The molecule has 0 amide bonds.